The van der Waals surface area contributed by atoms with Crippen LogP contribution in [-0.4, -0.2) is 32.2 Å². The molecule has 1 rings (SSSR count). The van der Waals surface area contributed by atoms with Crippen LogP contribution in [0.25, 0.3) is 0 Å². The Hall–Kier alpha value is -0.880. The van der Waals surface area contributed by atoms with Crippen molar-refractivity contribution >= 4 is 33.9 Å². The van der Waals surface area contributed by atoms with Crippen LogP contribution in [0.2, 0.25) is 5.15 Å². The van der Waals surface area contributed by atoms with E-state index >= 15 is 0 Å². The molecule has 90 valence electrons. The van der Waals surface area contributed by atoms with Gasteiger partial charge in [0.1, 0.15) is 12.0 Å². The predicted molar refractivity (Wildman–Crippen MR) is 68.1 cm³/mol. The molecule has 0 spiro atoms. The van der Waals surface area contributed by atoms with Crippen molar-refractivity contribution in [3.05, 3.63) is 11.5 Å². The van der Waals surface area contributed by atoms with Crippen LogP contribution in [0.5, 0.6) is 0 Å². The number of halogens is 1. The molecule has 1 aromatic rings. The second-order valence-corrected chi connectivity index (χ2v) is 5.45. The number of aromatic nitrogens is 2. The van der Waals surface area contributed by atoms with Crippen LogP contribution in [0.4, 0.5) is 11.5 Å². The molecular formula is C9H15ClN4OS. The molecule has 0 saturated heterocycles. The summed E-state index contributed by atoms with van der Waals surface area (Å²) in [5.41, 5.74) is 6.05. The molecule has 0 aliphatic carbocycles. The summed E-state index contributed by atoms with van der Waals surface area (Å²) >= 11 is 5.76. The third-order valence-electron chi connectivity index (χ3n) is 2.06. The lowest BCUT2D eigenvalue weighted by molar-refractivity contribution is 0.678. The minimum absolute atomic E-state index is 0.136. The number of nitrogens with zero attached hydrogens (tertiary/aromatic N) is 2. The average molecular weight is 263 g/mol. The summed E-state index contributed by atoms with van der Waals surface area (Å²) in [6.45, 7) is 1.97. The Morgan fingerprint density at radius 2 is 2.31 bits per heavy atom. The van der Waals surface area contributed by atoms with E-state index in [1.165, 1.54) is 6.33 Å². The largest absolute Gasteiger partial charge is 0.393 e. The first-order chi connectivity index (χ1) is 7.50. The molecule has 5 nitrogen and oxygen atoms in total. The number of nitrogens with one attached hydrogen (secondary N) is 1. The second kappa shape index (κ2) is 6.00. The van der Waals surface area contributed by atoms with Gasteiger partial charge in [0.2, 0.25) is 0 Å². The molecule has 0 aromatic carbocycles. The maximum absolute atomic E-state index is 10.9. The minimum atomic E-state index is -0.784. The van der Waals surface area contributed by atoms with Gasteiger partial charge >= 0.3 is 0 Å². The molecule has 1 heterocycles. The standard InChI is InChI=1S/C9H15ClN4OS/c1-6(3-4-16(2)15)14-9-7(11)8(10)12-5-13-9/h5-6H,3-4,11H2,1-2H3,(H,12,13,14). The van der Waals surface area contributed by atoms with Gasteiger partial charge < -0.3 is 11.1 Å². The lowest BCUT2D eigenvalue weighted by Gasteiger charge is -2.15. The van der Waals surface area contributed by atoms with Crippen molar-refractivity contribution in [3.8, 4) is 0 Å². The molecule has 16 heavy (non-hydrogen) atoms. The van der Waals surface area contributed by atoms with E-state index in [1.807, 2.05) is 6.92 Å². The number of rotatable bonds is 5. The third-order valence-corrected chi connectivity index (χ3v) is 3.17. The average Bonchev–Trinajstić information content (AvgIpc) is 2.22. The molecule has 1 aromatic heterocycles. The monoisotopic (exact) mass is 262 g/mol. The topological polar surface area (TPSA) is 80.9 Å². The van der Waals surface area contributed by atoms with Gasteiger partial charge in [-0.25, -0.2) is 9.97 Å². The summed E-state index contributed by atoms with van der Waals surface area (Å²) in [5.74, 6) is 1.17. The molecule has 0 saturated carbocycles. The van der Waals surface area contributed by atoms with Crippen LogP contribution in [0.1, 0.15) is 13.3 Å². The SMILES string of the molecule is CC(CCS(C)=O)Nc1ncnc(Cl)c1N. The summed E-state index contributed by atoms with van der Waals surface area (Å²) in [6, 6.07) is 0.136. The Balaban J connectivity index is 2.59. The number of hydrogen-bond donors (Lipinski definition) is 2. The number of hydrogen-bond acceptors (Lipinski definition) is 5. The summed E-state index contributed by atoms with van der Waals surface area (Å²) in [4.78, 5) is 7.76. The smallest absolute Gasteiger partial charge is 0.157 e. The minimum Gasteiger partial charge on any atom is -0.393 e. The zero-order chi connectivity index (χ0) is 12.1. The van der Waals surface area contributed by atoms with Gasteiger partial charge in [-0.15, -0.1) is 0 Å². The van der Waals surface area contributed by atoms with Crippen molar-refractivity contribution in [3.63, 3.8) is 0 Å². The fourth-order valence-corrected chi connectivity index (χ4v) is 1.96. The Morgan fingerprint density at radius 1 is 1.62 bits per heavy atom. The lowest BCUT2D eigenvalue weighted by atomic mass is 10.2. The summed E-state index contributed by atoms with van der Waals surface area (Å²) in [5, 5.41) is 3.35. The molecular weight excluding hydrogens is 248 g/mol. The Morgan fingerprint density at radius 3 is 2.94 bits per heavy atom. The molecule has 0 fully saturated rings. The Bertz CT molecular complexity index is 388. The molecule has 0 aliphatic rings. The van der Waals surface area contributed by atoms with Crippen LogP contribution in [-0.2, 0) is 10.8 Å². The van der Waals surface area contributed by atoms with E-state index in [0.29, 0.717) is 17.3 Å². The van der Waals surface area contributed by atoms with E-state index in [2.05, 4.69) is 15.3 Å². The van der Waals surface area contributed by atoms with E-state index in [4.69, 9.17) is 17.3 Å². The van der Waals surface area contributed by atoms with E-state index < -0.39 is 10.8 Å². The highest BCUT2D eigenvalue weighted by Gasteiger charge is 2.09. The Labute approximate surface area is 102 Å². The maximum atomic E-state index is 10.9. The van der Waals surface area contributed by atoms with Gasteiger partial charge in [0.15, 0.2) is 11.0 Å². The summed E-state index contributed by atoms with van der Waals surface area (Å²) < 4.78 is 10.9. The van der Waals surface area contributed by atoms with E-state index in [0.717, 1.165) is 6.42 Å². The lowest BCUT2D eigenvalue weighted by Crippen LogP contribution is -2.19. The van der Waals surface area contributed by atoms with Gasteiger partial charge in [-0.2, -0.15) is 0 Å². The number of nitrogens with two attached hydrogens (primary N) is 1. The van der Waals surface area contributed by atoms with Crippen molar-refractivity contribution in [2.75, 3.05) is 23.1 Å². The number of nitrogen functional groups attached to an aromatic ring is 1. The normalized spacial score (nSPS) is 14.4. The van der Waals surface area contributed by atoms with E-state index in [1.54, 1.807) is 6.26 Å². The van der Waals surface area contributed by atoms with Crippen LogP contribution in [0.15, 0.2) is 6.33 Å². The molecule has 0 bridgehead atoms. The first-order valence-corrected chi connectivity index (χ1v) is 6.93. The van der Waals surface area contributed by atoms with Crippen molar-refractivity contribution in [1.82, 2.24) is 9.97 Å². The quantitative estimate of drug-likeness (QED) is 0.782. The molecule has 2 atom stereocenters. The zero-order valence-corrected chi connectivity index (χ0v) is 10.8. The van der Waals surface area contributed by atoms with E-state index in [-0.39, 0.29) is 11.2 Å². The van der Waals surface area contributed by atoms with E-state index in [9.17, 15) is 4.21 Å². The van der Waals surface area contributed by atoms with Crippen molar-refractivity contribution in [2.45, 2.75) is 19.4 Å². The third kappa shape index (κ3) is 3.94. The van der Waals surface area contributed by atoms with Gasteiger partial charge in [0.05, 0.1) is 0 Å². The maximum Gasteiger partial charge on any atom is 0.157 e. The fourth-order valence-electron chi connectivity index (χ4n) is 1.14. The van der Waals surface area contributed by atoms with Gasteiger partial charge in [-0.05, 0) is 13.3 Å². The molecule has 3 N–H and O–H groups in total. The van der Waals surface area contributed by atoms with Crippen LogP contribution in [0, 0.1) is 0 Å². The first kappa shape index (κ1) is 13.2. The van der Waals surface area contributed by atoms with Crippen LogP contribution < -0.4 is 11.1 Å². The highest BCUT2D eigenvalue weighted by Crippen LogP contribution is 2.22. The number of anilines is 2. The van der Waals surface area contributed by atoms with Crippen molar-refractivity contribution in [1.29, 1.82) is 0 Å². The molecule has 0 radical (unpaired) electrons. The summed E-state index contributed by atoms with van der Waals surface area (Å²) in [6.07, 6.45) is 3.82. The molecule has 0 amide bonds. The molecule has 2 unspecified atom stereocenters. The highest BCUT2D eigenvalue weighted by molar-refractivity contribution is 7.84. The fraction of sp³-hybridized carbons (Fsp3) is 0.556. The van der Waals surface area contributed by atoms with Gasteiger partial charge in [0.25, 0.3) is 0 Å². The van der Waals surface area contributed by atoms with Crippen molar-refractivity contribution in [2.24, 2.45) is 0 Å². The van der Waals surface area contributed by atoms with Gasteiger partial charge in [0, 0.05) is 28.9 Å². The second-order valence-electron chi connectivity index (χ2n) is 3.54. The van der Waals surface area contributed by atoms with Crippen molar-refractivity contribution < 1.29 is 4.21 Å². The predicted octanol–water partition coefficient (Wildman–Crippen LogP) is 1.28. The van der Waals surface area contributed by atoms with Crippen LogP contribution in [0.3, 0.4) is 0 Å². The highest BCUT2D eigenvalue weighted by atomic mass is 35.5. The molecule has 7 heteroatoms. The Kier molecular flexibility index (Phi) is 4.95. The van der Waals surface area contributed by atoms with Gasteiger partial charge in [-0.1, -0.05) is 11.6 Å². The van der Waals surface area contributed by atoms with Gasteiger partial charge in [-0.3, -0.25) is 4.21 Å². The van der Waals surface area contributed by atoms with Crippen LogP contribution >= 0.6 is 11.6 Å². The molecule has 0 aliphatic heterocycles. The summed E-state index contributed by atoms with van der Waals surface area (Å²) in [7, 11) is -0.784. The first-order valence-electron chi connectivity index (χ1n) is 4.83. The zero-order valence-electron chi connectivity index (χ0n) is 9.24.